The molecule has 0 aliphatic rings. The number of carboxylic acids is 1. The molecule has 2 aromatic heterocycles. The number of aromatic nitrogens is 3. The number of aromatic carboxylic acids is 1. The van der Waals surface area contributed by atoms with Crippen molar-refractivity contribution in [1.29, 1.82) is 0 Å². The van der Waals surface area contributed by atoms with Crippen LogP contribution >= 0.6 is 0 Å². The first-order valence-electron chi connectivity index (χ1n) is 6.52. The molecule has 21 heavy (non-hydrogen) atoms. The van der Waals surface area contributed by atoms with Crippen molar-refractivity contribution in [3.05, 3.63) is 47.0 Å². The fraction of sp³-hybridized carbons (Fsp3) is 0.286. The molecule has 0 spiro atoms. The van der Waals surface area contributed by atoms with Crippen LogP contribution in [0.15, 0.2) is 24.4 Å². The SMILES string of the molecule is CCn1nc(C)cc1C(=O)NCc1ccc(C(=O)O)nc1. The lowest BCUT2D eigenvalue weighted by atomic mass is 10.2. The Morgan fingerprint density at radius 1 is 1.38 bits per heavy atom. The zero-order chi connectivity index (χ0) is 15.4. The third-order valence-electron chi connectivity index (χ3n) is 2.93. The van der Waals surface area contributed by atoms with Crippen molar-refractivity contribution in [2.75, 3.05) is 0 Å². The molecule has 0 atom stereocenters. The average Bonchev–Trinajstić information content (AvgIpc) is 2.86. The third-order valence-corrected chi connectivity index (χ3v) is 2.93. The Balaban J connectivity index is 2.02. The Kier molecular flexibility index (Phi) is 4.32. The molecule has 0 bridgehead atoms. The minimum absolute atomic E-state index is 0.0234. The van der Waals surface area contributed by atoms with Gasteiger partial charge in [0, 0.05) is 19.3 Å². The first-order valence-corrected chi connectivity index (χ1v) is 6.52. The number of nitrogens with one attached hydrogen (secondary N) is 1. The van der Waals surface area contributed by atoms with Gasteiger partial charge in [0.25, 0.3) is 5.91 Å². The number of hydrogen-bond donors (Lipinski definition) is 2. The van der Waals surface area contributed by atoms with Crippen LogP contribution < -0.4 is 5.32 Å². The molecule has 7 heteroatoms. The number of pyridine rings is 1. The summed E-state index contributed by atoms with van der Waals surface area (Å²) >= 11 is 0. The van der Waals surface area contributed by atoms with Crippen molar-refractivity contribution >= 4 is 11.9 Å². The van der Waals surface area contributed by atoms with Gasteiger partial charge in [-0.15, -0.1) is 0 Å². The summed E-state index contributed by atoms with van der Waals surface area (Å²) < 4.78 is 1.64. The van der Waals surface area contributed by atoms with E-state index in [1.165, 1.54) is 12.3 Å². The van der Waals surface area contributed by atoms with Crippen molar-refractivity contribution in [2.45, 2.75) is 26.9 Å². The number of nitrogens with zero attached hydrogens (tertiary/aromatic N) is 3. The van der Waals surface area contributed by atoms with Gasteiger partial charge in [0.05, 0.1) is 5.69 Å². The molecule has 1 amide bonds. The summed E-state index contributed by atoms with van der Waals surface area (Å²) in [6.07, 6.45) is 1.44. The molecule has 0 aliphatic carbocycles. The van der Waals surface area contributed by atoms with Gasteiger partial charge >= 0.3 is 5.97 Å². The quantitative estimate of drug-likeness (QED) is 0.862. The van der Waals surface area contributed by atoms with Crippen molar-refractivity contribution in [3.8, 4) is 0 Å². The number of carbonyl (C=O) groups excluding carboxylic acids is 1. The fourth-order valence-corrected chi connectivity index (χ4v) is 1.90. The Morgan fingerprint density at radius 3 is 2.71 bits per heavy atom. The van der Waals surface area contributed by atoms with Crippen LogP contribution in [0, 0.1) is 6.92 Å². The molecule has 2 rings (SSSR count). The molecule has 0 radical (unpaired) electrons. The summed E-state index contributed by atoms with van der Waals surface area (Å²) in [6, 6.07) is 4.76. The zero-order valence-electron chi connectivity index (χ0n) is 11.8. The molecule has 7 nitrogen and oxygen atoms in total. The molecule has 0 aromatic carbocycles. The molecule has 0 saturated carbocycles. The Hall–Kier alpha value is -2.70. The Labute approximate surface area is 121 Å². The summed E-state index contributed by atoms with van der Waals surface area (Å²) in [5.41, 5.74) is 2.00. The molecule has 0 fully saturated rings. The minimum atomic E-state index is -1.08. The van der Waals surface area contributed by atoms with Crippen LogP contribution in [-0.4, -0.2) is 31.7 Å². The van der Waals surface area contributed by atoms with Gasteiger partial charge in [0.2, 0.25) is 0 Å². The summed E-state index contributed by atoms with van der Waals surface area (Å²) in [4.78, 5) is 26.6. The Bertz CT molecular complexity index is 661. The van der Waals surface area contributed by atoms with Gasteiger partial charge in [-0.05, 0) is 31.5 Å². The number of rotatable bonds is 5. The van der Waals surface area contributed by atoms with E-state index in [1.54, 1.807) is 16.8 Å². The highest BCUT2D eigenvalue weighted by Crippen LogP contribution is 2.05. The van der Waals surface area contributed by atoms with Crippen molar-refractivity contribution < 1.29 is 14.7 Å². The van der Waals surface area contributed by atoms with E-state index in [9.17, 15) is 9.59 Å². The van der Waals surface area contributed by atoms with Gasteiger partial charge in [-0.25, -0.2) is 9.78 Å². The van der Waals surface area contributed by atoms with Crippen LogP contribution in [0.1, 0.15) is 39.2 Å². The van der Waals surface area contributed by atoms with E-state index in [1.807, 2.05) is 13.8 Å². The van der Waals surface area contributed by atoms with E-state index in [0.29, 0.717) is 12.2 Å². The van der Waals surface area contributed by atoms with E-state index in [4.69, 9.17) is 5.11 Å². The summed E-state index contributed by atoms with van der Waals surface area (Å²) in [5.74, 6) is -1.30. The molecule has 2 aromatic rings. The summed E-state index contributed by atoms with van der Waals surface area (Å²) in [7, 11) is 0. The maximum Gasteiger partial charge on any atom is 0.354 e. The summed E-state index contributed by atoms with van der Waals surface area (Å²) in [5, 5.41) is 15.7. The second kappa shape index (κ2) is 6.17. The predicted octanol–water partition coefficient (Wildman–Crippen LogP) is 1.23. The second-order valence-electron chi connectivity index (χ2n) is 4.53. The number of hydrogen-bond acceptors (Lipinski definition) is 4. The normalized spacial score (nSPS) is 10.4. The third kappa shape index (κ3) is 3.44. The molecule has 0 saturated heterocycles. The van der Waals surface area contributed by atoms with Gasteiger partial charge in [0.15, 0.2) is 0 Å². The predicted molar refractivity (Wildman–Crippen MR) is 75.0 cm³/mol. The average molecular weight is 288 g/mol. The van der Waals surface area contributed by atoms with E-state index < -0.39 is 5.97 Å². The smallest absolute Gasteiger partial charge is 0.354 e. The van der Waals surface area contributed by atoms with E-state index >= 15 is 0 Å². The van der Waals surface area contributed by atoms with E-state index in [0.717, 1.165) is 11.3 Å². The topological polar surface area (TPSA) is 97.1 Å². The minimum Gasteiger partial charge on any atom is -0.477 e. The highest BCUT2D eigenvalue weighted by molar-refractivity contribution is 5.92. The van der Waals surface area contributed by atoms with Crippen LogP contribution in [0.3, 0.4) is 0 Å². The maximum atomic E-state index is 12.1. The number of carboxylic acid groups (broad SMARTS) is 1. The molecule has 0 aliphatic heterocycles. The fourth-order valence-electron chi connectivity index (χ4n) is 1.90. The van der Waals surface area contributed by atoms with Crippen LogP contribution in [-0.2, 0) is 13.1 Å². The van der Waals surface area contributed by atoms with Crippen molar-refractivity contribution in [1.82, 2.24) is 20.1 Å². The number of carbonyl (C=O) groups is 2. The van der Waals surface area contributed by atoms with Crippen LogP contribution in [0.4, 0.5) is 0 Å². The lowest BCUT2D eigenvalue weighted by molar-refractivity contribution is 0.0690. The zero-order valence-corrected chi connectivity index (χ0v) is 11.8. The second-order valence-corrected chi connectivity index (χ2v) is 4.53. The van der Waals surface area contributed by atoms with Crippen molar-refractivity contribution in [3.63, 3.8) is 0 Å². The van der Waals surface area contributed by atoms with Gasteiger partial charge in [-0.2, -0.15) is 5.10 Å². The highest BCUT2D eigenvalue weighted by Gasteiger charge is 2.12. The van der Waals surface area contributed by atoms with Gasteiger partial charge in [-0.3, -0.25) is 9.48 Å². The van der Waals surface area contributed by atoms with Crippen molar-refractivity contribution in [2.24, 2.45) is 0 Å². The van der Waals surface area contributed by atoms with Crippen LogP contribution in [0.5, 0.6) is 0 Å². The largest absolute Gasteiger partial charge is 0.477 e. The maximum absolute atomic E-state index is 12.1. The van der Waals surface area contributed by atoms with Crippen LogP contribution in [0.25, 0.3) is 0 Å². The first-order chi connectivity index (χ1) is 10.0. The van der Waals surface area contributed by atoms with E-state index in [-0.39, 0.29) is 18.1 Å². The standard InChI is InChI=1S/C14H16N4O3/c1-3-18-12(6-9(2)17-18)13(19)16-8-10-4-5-11(14(20)21)15-7-10/h4-7H,3,8H2,1-2H3,(H,16,19)(H,20,21). The van der Waals surface area contributed by atoms with E-state index in [2.05, 4.69) is 15.4 Å². The molecule has 2 N–H and O–H groups in total. The lowest BCUT2D eigenvalue weighted by Gasteiger charge is -2.06. The molecule has 2 heterocycles. The number of aryl methyl sites for hydroxylation is 2. The van der Waals surface area contributed by atoms with Crippen LogP contribution in [0.2, 0.25) is 0 Å². The van der Waals surface area contributed by atoms with Gasteiger partial charge < -0.3 is 10.4 Å². The molecule has 110 valence electrons. The molecular weight excluding hydrogens is 272 g/mol. The summed E-state index contributed by atoms with van der Waals surface area (Å²) in [6.45, 7) is 4.64. The monoisotopic (exact) mass is 288 g/mol. The first kappa shape index (κ1) is 14.7. The highest BCUT2D eigenvalue weighted by atomic mass is 16.4. The van der Waals surface area contributed by atoms with Gasteiger partial charge in [0.1, 0.15) is 11.4 Å². The Morgan fingerprint density at radius 2 is 2.14 bits per heavy atom. The van der Waals surface area contributed by atoms with Gasteiger partial charge in [-0.1, -0.05) is 6.07 Å². The number of amides is 1. The molecule has 0 unspecified atom stereocenters. The molecular formula is C14H16N4O3. The lowest BCUT2D eigenvalue weighted by Crippen LogP contribution is -2.25.